The molecule has 3 atom stereocenters. The van der Waals surface area contributed by atoms with Crippen molar-refractivity contribution in [3.63, 3.8) is 0 Å². The molecule has 0 saturated carbocycles. The maximum absolute atomic E-state index is 11.8. The van der Waals surface area contributed by atoms with Crippen molar-refractivity contribution < 1.29 is 9.53 Å². The molecule has 2 aromatic carbocycles. The Balaban J connectivity index is 1.76. The number of fused-ring (bicyclic) bond motifs is 3. The lowest BCUT2D eigenvalue weighted by Crippen LogP contribution is -2.29. The molecule has 1 N–H and O–H groups in total. The van der Waals surface area contributed by atoms with Crippen LogP contribution in [0.3, 0.4) is 0 Å². The fourth-order valence-electron chi connectivity index (χ4n) is 3.87. The first-order valence-corrected chi connectivity index (χ1v) is 8.46. The summed E-state index contributed by atoms with van der Waals surface area (Å²) in [6.07, 6.45) is 5.49. The minimum absolute atomic E-state index is 0.208. The van der Waals surface area contributed by atoms with E-state index >= 15 is 0 Å². The Kier molecular flexibility index (Phi) is 3.81. The van der Waals surface area contributed by atoms with E-state index in [-0.39, 0.29) is 12.0 Å². The third kappa shape index (κ3) is 2.49. The predicted octanol–water partition coefficient (Wildman–Crippen LogP) is 4.95. The molecule has 1 aliphatic carbocycles. The Bertz CT molecular complexity index is 830. The summed E-state index contributed by atoms with van der Waals surface area (Å²) in [6, 6.07) is 14.0. The number of carbonyl (C=O) groups is 1. The lowest BCUT2D eigenvalue weighted by atomic mass is 9.76. The SMILES string of the molecule is COC(=O)c1ccc2c(c1)[C@H]1C=CC[C@@H]1[C@H](c1cccc(Cl)c1)N2. The van der Waals surface area contributed by atoms with Crippen LogP contribution < -0.4 is 5.32 Å². The number of allylic oxidation sites excluding steroid dienone is 2. The van der Waals surface area contributed by atoms with Crippen molar-refractivity contribution in [1.82, 2.24) is 0 Å². The van der Waals surface area contributed by atoms with Gasteiger partial charge in [-0.25, -0.2) is 4.79 Å². The van der Waals surface area contributed by atoms with Gasteiger partial charge in [0.25, 0.3) is 0 Å². The number of benzene rings is 2. The molecule has 24 heavy (non-hydrogen) atoms. The molecular formula is C20H18ClNO2. The van der Waals surface area contributed by atoms with Gasteiger partial charge in [-0.2, -0.15) is 0 Å². The second-order valence-electron chi connectivity index (χ2n) is 6.32. The van der Waals surface area contributed by atoms with Crippen LogP contribution in [0.25, 0.3) is 0 Å². The lowest BCUT2D eigenvalue weighted by molar-refractivity contribution is 0.0600. The van der Waals surface area contributed by atoms with E-state index in [1.165, 1.54) is 12.7 Å². The summed E-state index contributed by atoms with van der Waals surface area (Å²) in [5.74, 6) is 0.423. The topological polar surface area (TPSA) is 38.3 Å². The summed E-state index contributed by atoms with van der Waals surface area (Å²) in [6.45, 7) is 0. The van der Waals surface area contributed by atoms with E-state index in [4.69, 9.17) is 16.3 Å². The highest BCUT2D eigenvalue weighted by molar-refractivity contribution is 6.30. The van der Waals surface area contributed by atoms with Crippen LogP contribution in [0.2, 0.25) is 5.02 Å². The molecule has 0 fully saturated rings. The highest BCUT2D eigenvalue weighted by Crippen LogP contribution is 2.50. The summed E-state index contributed by atoms with van der Waals surface area (Å²) in [4.78, 5) is 11.8. The molecule has 2 aliphatic rings. The van der Waals surface area contributed by atoms with Gasteiger partial charge in [0.05, 0.1) is 18.7 Å². The van der Waals surface area contributed by atoms with E-state index in [0.717, 1.165) is 22.7 Å². The first kappa shape index (κ1) is 15.3. The largest absolute Gasteiger partial charge is 0.465 e. The standard InChI is InChI=1S/C20H18ClNO2/c1-24-20(23)13-8-9-18-17(11-13)15-6-3-7-16(15)19(22-18)12-4-2-5-14(21)10-12/h2-6,8-11,15-16,19,22H,7H2,1H3/t15-,16-,19-/m0/s1. The van der Waals surface area contributed by atoms with Crippen molar-refractivity contribution in [3.8, 4) is 0 Å². The fourth-order valence-corrected chi connectivity index (χ4v) is 4.07. The molecule has 4 rings (SSSR count). The quantitative estimate of drug-likeness (QED) is 0.621. The van der Waals surface area contributed by atoms with Gasteiger partial charge in [0, 0.05) is 16.6 Å². The van der Waals surface area contributed by atoms with Crippen LogP contribution in [0.4, 0.5) is 5.69 Å². The molecule has 0 radical (unpaired) electrons. The van der Waals surface area contributed by atoms with Crippen LogP contribution in [-0.4, -0.2) is 13.1 Å². The summed E-state index contributed by atoms with van der Waals surface area (Å²) >= 11 is 6.18. The zero-order valence-electron chi connectivity index (χ0n) is 13.3. The van der Waals surface area contributed by atoms with Gasteiger partial charge in [-0.1, -0.05) is 35.9 Å². The van der Waals surface area contributed by atoms with E-state index in [1.807, 2.05) is 36.4 Å². The summed E-state index contributed by atoms with van der Waals surface area (Å²) < 4.78 is 4.85. The van der Waals surface area contributed by atoms with E-state index in [9.17, 15) is 4.79 Å². The van der Waals surface area contributed by atoms with Crippen LogP contribution in [0.1, 0.15) is 39.9 Å². The van der Waals surface area contributed by atoms with Gasteiger partial charge < -0.3 is 10.1 Å². The van der Waals surface area contributed by atoms with Gasteiger partial charge in [-0.3, -0.25) is 0 Å². The molecule has 0 saturated heterocycles. The van der Waals surface area contributed by atoms with Crippen LogP contribution in [0.5, 0.6) is 0 Å². The second kappa shape index (κ2) is 5.99. The number of hydrogen-bond acceptors (Lipinski definition) is 3. The first-order chi connectivity index (χ1) is 11.7. The van der Waals surface area contributed by atoms with Gasteiger partial charge in [-0.15, -0.1) is 0 Å². The molecule has 122 valence electrons. The fraction of sp³-hybridized carbons (Fsp3) is 0.250. The van der Waals surface area contributed by atoms with Crippen LogP contribution in [0, 0.1) is 5.92 Å². The molecule has 0 bridgehead atoms. The van der Waals surface area contributed by atoms with Crippen molar-refractivity contribution in [3.05, 3.63) is 76.3 Å². The lowest BCUT2D eigenvalue weighted by Gasteiger charge is -2.37. The Labute approximate surface area is 146 Å². The minimum Gasteiger partial charge on any atom is -0.465 e. The van der Waals surface area contributed by atoms with Gasteiger partial charge in [0.2, 0.25) is 0 Å². The molecule has 1 aliphatic heterocycles. The van der Waals surface area contributed by atoms with Crippen molar-refractivity contribution in [2.75, 3.05) is 12.4 Å². The first-order valence-electron chi connectivity index (χ1n) is 8.08. The number of hydrogen-bond donors (Lipinski definition) is 1. The monoisotopic (exact) mass is 339 g/mol. The maximum atomic E-state index is 11.8. The molecule has 0 spiro atoms. The Morgan fingerprint density at radius 1 is 1.25 bits per heavy atom. The van der Waals surface area contributed by atoms with Crippen molar-refractivity contribution in [2.24, 2.45) is 5.92 Å². The van der Waals surface area contributed by atoms with Gasteiger partial charge in [0.1, 0.15) is 0 Å². The average Bonchev–Trinajstić information content (AvgIpc) is 3.10. The van der Waals surface area contributed by atoms with Crippen molar-refractivity contribution in [1.29, 1.82) is 0 Å². The van der Waals surface area contributed by atoms with Crippen LogP contribution in [0.15, 0.2) is 54.6 Å². The number of anilines is 1. The molecule has 0 aromatic heterocycles. The molecule has 2 aromatic rings. The minimum atomic E-state index is -0.298. The Morgan fingerprint density at radius 2 is 2.12 bits per heavy atom. The number of halogens is 1. The van der Waals surface area contributed by atoms with E-state index < -0.39 is 0 Å². The molecule has 3 nitrogen and oxygen atoms in total. The number of nitrogens with one attached hydrogen (secondary N) is 1. The number of methoxy groups -OCH3 is 1. The summed E-state index contributed by atoms with van der Waals surface area (Å²) in [5, 5.41) is 4.40. The molecule has 4 heteroatoms. The highest BCUT2D eigenvalue weighted by atomic mass is 35.5. The van der Waals surface area contributed by atoms with Crippen LogP contribution in [-0.2, 0) is 4.74 Å². The number of ether oxygens (including phenoxy) is 1. The summed E-state index contributed by atoms with van der Waals surface area (Å²) in [7, 11) is 1.41. The van der Waals surface area contributed by atoms with E-state index in [1.54, 1.807) is 0 Å². The zero-order valence-corrected chi connectivity index (χ0v) is 14.1. The normalized spacial score (nSPS) is 24.0. The van der Waals surface area contributed by atoms with Crippen molar-refractivity contribution in [2.45, 2.75) is 18.4 Å². The Morgan fingerprint density at radius 3 is 2.92 bits per heavy atom. The van der Waals surface area contributed by atoms with Crippen LogP contribution >= 0.6 is 11.6 Å². The average molecular weight is 340 g/mol. The molecule has 1 heterocycles. The zero-order chi connectivity index (χ0) is 16.7. The molecule has 0 amide bonds. The predicted molar refractivity (Wildman–Crippen MR) is 95.6 cm³/mol. The second-order valence-corrected chi connectivity index (χ2v) is 6.76. The Hall–Kier alpha value is -2.26. The van der Waals surface area contributed by atoms with Gasteiger partial charge in [0.15, 0.2) is 0 Å². The number of carbonyl (C=O) groups excluding carboxylic acids is 1. The maximum Gasteiger partial charge on any atom is 0.337 e. The summed E-state index contributed by atoms with van der Waals surface area (Å²) in [5.41, 5.74) is 4.03. The smallest absolute Gasteiger partial charge is 0.337 e. The number of rotatable bonds is 2. The third-order valence-corrected chi connectivity index (χ3v) is 5.23. The molecule has 0 unspecified atom stereocenters. The van der Waals surface area contributed by atoms with E-state index in [2.05, 4.69) is 23.5 Å². The van der Waals surface area contributed by atoms with Crippen molar-refractivity contribution >= 4 is 23.3 Å². The highest BCUT2D eigenvalue weighted by Gasteiger charge is 2.38. The van der Waals surface area contributed by atoms with Gasteiger partial charge in [-0.05, 0) is 53.8 Å². The number of esters is 1. The van der Waals surface area contributed by atoms with E-state index in [0.29, 0.717) is 17.4 Å². The molecular weight excluding hydrogens is 322 g/mol. The third-order valence-electron chi connectivity index (χ3n) is 4.99. The van der Waals surface area contributed by atoms with Gasteiger partial charge >= 0.3 is 5.97 Å².